The second-order valence-electron chi connectivity index (χ2n) is 15.0. The highest BCUT2D eigenvalue weighted by Crippen LogP contribution is 2.45. The lowest BCUT2D eigenvalue weighted by Gasteiger charge is -2.39. The molecule has 1 atom stereocenters. The van der Waals surface area contributed by atoms with E-state index in [0.717, 1.165) is 24.2 Å². The molecule has 2 aliphatic carbocycles. The molecule has 0 saturated heterocycles. The number of aliphatic hydroxyl groups is 2. The van der Waals surface area contributed by atoms with Crippen LogP contribution in [0, 0.1) is 29.6 Å². The van der Waals surface area contributed by atoms with Crippen LogP contribution in [-0.2, 0) is 31.9 Å². The first kappa shape index (κ1) is 41.4. The molecule has 6 heteroatoms. The fourth-order valence-electron chi connectivity index (χ4n) is 7.96. The van der Waals surface area contributed by atoms with Gasteiger partial charge in [-0.25, -0.2) is 4.79 Å². The molecule has 0 heterocycles. The molecule has 2 aromatic rings. The van der Waals surface area contributed by atoms with Crippen LogP contribution in [0.15, 0.2) is 66.8 Å². The fraction of sp³-hybridized carbons (Fsp3) is 0.591. The van der Waals surface area contributed by atoms with E-state index in [1.165, 1.54) is 98.4 Å². The zero-order valence-electron chi connectivity index (χ0n) is 31.3. The van der Waals surface area contributed by atoms with Crippen molar-refractivity contribution in [1.29, 1.82) is 0 Å². The molecule has 2 aromatic carbocycles. The highest BCUT2D eigenvalue weighted by Gasteiger charge is 2.34. The lowest BCUT2D eigenvalue weighted by atomic mass is 9.67. The molecular weight excluding hydrogens is 624 g/mol. The minimum absolute atomic E-state index is 0.111. The number of methoxy groups -OCH3 is 1. The van der Waals surface area contributed by atoms with Crippen molar-refractivity contribution in [2.24, 2.45) is 29.6 Å². The van der Waals surface area contributed by atoms with Crippen molar-refractivity contribution in [3.8, 4) is 11.1 Å². The molecule has 0 aromatic heterocycles. The minimum atomic E-state index is -0.499. The zero-order chi connectivity index (χ0) is 36.5. The standard InChI is InChI=1S/C40H58O4.C4H6O2/c1-6-30-24-38(23-22-31(30)9-7-8-28(2)3)36-18-14-34(15-19-36)32-10-12-33(13-11-32)35-16-20-37(21-17-35)39(26-43-5)27-44-40(42)29(4)25-41;1-4(2-5)3-6/h14-15,18-19,22-24,28,32-33,35,37,39,41H,4,6-13,16-17,20-21,25-27H2,1-3,5H3;2,6H,1,3H2. The summed E-state index contributed by atoms with van der Waals surface area (Å²) in [6.07, 6.45) is 15.6. The van der Waals surface area contributed by atoms with Gasteiger partial charge in [0.15, 0.2) is 0 Å². The second kappa shape index (κ2) is 22.0. The van der Waals surface area contributed by atoms with Crippen molar-refractivity contribution < 1.29 is 29.3 Å². The summed E-state index contributed by atoms with van der Waals surface area (Å²) in [5.41, 5.74) is 7.56. The number of ether oxygens (including phenoxy) is 2. The van der Waals surface area contributed by atoms with Crippen LogP contribution in [0.2, 0.25) is 0 Å². The van der Waals surface area contributed by atoms with Crippen LogP contribution >= 0.6 is 0 Å². The topological polar surface area (TPSA) is 93.1 Å². The highest BCUT2D eigenvalue weighted by atomic mass is 16.5. The van der Waals surface area contributed by atoms with E-state index in [1.807, 2.05) is 0 Å². The summed E-state index contributed by atoms with van der Waals surface area (Å²) in [4.78, 5) is 21.5. The molecule has 1 unspecified atom stereocenters. The molecular formula is C44H64O6. The lowest BCUT2D eigenvalue weighted by molar-refractivity contribution is -0.142. The summed E-state index contributed by atoms with van der Waals surface area (Å²) in [5, 5.41) is 17.1. The first-order valence-corrected chi connectivity index (χ1v) is 19.0. The molecule has 4 rings (SSSR count). The van der Waals surface area contributed by atoms with Crippen LogP contribution < -0.4 is 0 Å². The van der Waals surface area contributed by atoms with Crippen molar-refractivity contribution in [3.63, 3.8) is 0 Å². The molecule has 2 fully saturated rings. The highest BCUT2D eigenvalue weighted by molar-refractivity contribution is 5.87. The van der Waals surface area contributed by atoms with Gasteiger partial charge in [0.25, 0.3) is 0 Å². The third-order valence-corrected chi connectivity index (χ3v) is 11.1. The number of esters is 1. The molecule has 2 aliphatic rings. The Morgan fingerprint density at radius 2 is 1.48 bits per heavy atom. The maximum absolute atomic E-state index is 12.0. The molecule has 50 heavy (non-hydrogen) atoms. The van der Waals surface area contributed by atoms with Gasteiger partial charge in [-0.2, -0.15) is 0 Å². The van der Waals surface area contributed by atoms with Crippen LogP contribution in [0.5, 0.6) is 0 Å². The lowest BCUT2D eigenvalue weighted by Crippen LogP contribution is -2.32. The zero-order valence-corrected chi connectivity index (χ0v) is 31.3. The number of benzene rings is 2. The van der Waals surface area contributed by atoms with Gasteiger partial charge in [0.1, 0.15) is 6.29 Å². The van der Waals surface area contributed by atoms with Gasteiger partial charge >= 0.3 is 5.97 Å². The van der Waals surface area contributed by atoms with E-state index in [2.05, 4.69) is 76.4 Å². The first-order valence-electron chi connectivity index (χ1n) is 19.0. The number of carbonyl (C=O) groups excluding carboxylic acids is 2. The molecule has 0 radical (unpaired) electrons. The normalized spacial score (nSPS) is 21.1. The van der Waals surface area contributed by atoms with Crippen molar-refractivity contribution in [2.45, 2.75) is 104 Å². The average Bonchev–Trinajstić information content (AvgIpc) is 3.16. The van der Waals surface area contributed by atoms with Gasteiger partial charge in [-0.15, -0.1) is 0 Å². The summed E-state index contributed by atoms with van der Waals surface area (Å²) in [7, 11) is 1.72. The van der Waals surface area contributed by atoms with E-state index in [1.54, 1.807) is 7.11 Å². The van der Waals surface area contributed by atoms with E-state index < -0.39 is 5.97 Å². The molecule has 2 N–H and O–H groups in total. The Labute approximate surface area is 302 Å². The maximum Gasteiger partial charge on any atom is 0.335 e. The summed E-state index contributed by atoms with van der Waals surface area (Å²) in [6, 6.07) is 16.6. The third-order valence-electron chi connectivity index (χ3n) is 11.1. The Morgan fingerprint density at radius 3 is 2.00 bits per heavy atom. The van der Waals surface area contributed by atoms with Gasteiger partial charge in [0.05, 0.1) is 32.0 Å². The molecule has 276 valence electrons. The number of aldehydes is 1. The van der Waals surface area contributed by atoms with E-state index in [9.17, 15) is 9.59 Å². The monoisotopic (exact) mass is 688 g/mol. The van der Waals surface area contributed by atoms with Gasteiger partial charge in [0, 0.05) is 18.6 Å². The van der Waals surface area contributed by atoms with Crippen LogP contribution in [0.25, 0.3) is 11.1 Å². The van der Waals surface area contributed by atoms with Gasteiger partial charge in [-0.3, -0.25) is 4.79 Å². The van der Waals surface area contributed by atoms with E-state index in [4.69, 9.17) is 19.7 Å². The van der Waals surface area contributed by atoms with E-state index in [-0.39, 0.29) is 30.3 Å². The third kappa shape index (κ3) is 12.9. The van der Waals surface area contributed by atoms with Crippen LogP contribution in [-0.4, -0.2) is 56.0 Å². The summed E-state index contributed by atoms with van der Waals surface area (Å²) in [5.74, 6) is 3.34. The maximum atomic E-state index is 12.0. The average molecular weight is 689 g/mol. The molecule has 0 bridgehead atoms. The Balaban J connectivity index is 0.00000103. The largest absolute Gasteiger partial charge is 0.462 e. The Bertz CT molecular complexity index is 1330. The number of rotatable bonds is 17. The van der Waals surface area contributed by atoms with Gasteiger partial charge in [-0.1, -0.05) is 82.8 Å². The van der Waals surface area contributed by atoms with Gasteiger partial charge < -0.3 is 19.7 Å². The Hall–Kier alpha value is -3.06. The van der Waals surface area contributed by atoms with Crippen molar-refractivity contribution >= 4 is 12.3 Å². The Kier molecular flexibility index (Phi) is 18.2. The number of hydrogen-bond acceptors (Lipinski definition) is 6. The second-order valence-corrected chi connectivity index (χ2v) is 15.0. The molecule has 6 nitrogen and oxygen atoms in total. The molecule has 2 saturated carbocycles. The van der Waals surface area contributed by atoms with Gasteiger partial charge in [-0.05, 0) is 128 Å². The predicted molar refractivity (Wildman–Crippen MR) is 204 cm³/mol. The minimum Gasteiger partial charge on any atom is -0.462 e. The van der Waals surface area contributed by atoms with Gasteiger partial charge in [0.2, 0.25) is 0 Å². The summed E-state index contributed by atoms with van der Waals surface area (Å²) in [6.45, 7) is 14.0. The van der Waals surface area contributed by atoms with Crippen LogP contribution in [0.1, 0.15) is 108 Å². The van der Waals surface area contributed by atoms with E-state index >= 15 is 0 Å². The smallest absolute Gasteiger partial charge is 0.335 e. The quantitative estimate of drug-likeness (QED) is 0.0979. The fourth-order valence-corrected chi connectivity index (χ4v) is 7.96. The first-order chi connectivity index (χ1) is 24.1. The van der Waals surface area contributed by atoms with Crippen molar-refractivity contribution in [3.05, 3.63) is 83.5 Å². The summed E-state index contributed by atoms with van der Waals surface area (Å²) < 4.78 is 10.9. The van der Waals surface area contributed by atoms with E-state index in [0.29, 0.717) is 31.3 Å². The van der Waals surface area contributed by atoms with Crippen molar-refractivity contribution in [1.82, 2.24) is 0 Å². The number of aryl methyl sites for hydroxylation is 2. The molecule has 0 spiro atoms. The van der Waals surface area contributed by atoms with Crippen LogP contribution in [0.4, 0.5) is 0 Å². The number of aliphatic hydroxyl groups excluding tert-OH is 2. The van der Waals surface area contributed by atoms with Crippen LogP contribution in [0.3, 0.4) is 0 Å². The number of carbonyl (C=O) groups is 2. The summed E-state index contributed by atoms with van der Waals surface area (Å²) >= 11 is 0. The predicted octanol–water partition coefficient (Wildman–Crippen LogP) is 9.06. The Morgan fingerprint density at radius 1 is 0.860 bits per heavy atom. The molecule has 0 aliphatic heterocycles. The molecule has 0 amide bonds. The number of hydrogen-bond donors (Lipinski definition) is 2. The van der Waals surface area contributed by atoms with Crippen molar-refractivity contribution in [2.75, 3.05) is 33.5 Å². The SMILES string of the molecule is C=C(C=O)CO.C=C(CO)C(=O)OCC(COC)C1CCC(C2CCC(c3ccc(-c4ccc(CCCC(C)C)c(CC)c4)cc3)CC2)CC1.